The maximum Gasteiger partial charge on any atom is 0.232 e. The zero-order valence-electron chi connectivity index (χ0n) is 20.2. The van der Waals surface area contributed by atoms with Gasteiger partial charge in [0.25, 0.3) is 0 Å². The molecule has 2 heterocycles. The number of hydrogen-bond acceptors (Lipinski definition) is 3. The van der Waals surface area contributed by atoms with Crippen LogP contribution >= 0.6 is 0 Å². The number of fused-ring (bicyclic) bond motifs is 1. The van der Waals surface area contributed by atoms with E-state index in [0.717, 1.165) is 46.2 Å². The maximum atomic E-state index is 13.7. The molecule has 3 atom stereocenters. The zero-order chi connectivity index (χ0) is 25.0. The fourth-order valence-corrected chi connectivity index (χ4v) is 5.23. The average Bonchev–Trinajstić information content (AvgIpc) is 3.60. The first-order chi connectivity index (χ1) is 17.4. The van der Waals surface area contributed by atoms with Gasteiger partial charge in [0.2, 0.25) is 11.8 Å². The van der Waals surface area contributed by atoms with E-state index in [0.29, 0.717) is 0 Å². The molecule has 3 aromatic carbocycles. The minimum atomic E-state index is -0.365. The van der Waals surface area contributed by atoms with Crippen molar-refractivity contribution >= 4 is 28.4 Å². The molecule has 0 spiro atoms. The first kappa shape index (κ1) is 22.5. The maximum absolute atomic E-state index is 13.7. The molecule has 182 valence electrons. The normalized spacial score (nSPS) is 21.8. The van der Waals surface area contributed by atoms with E-state index in [1.54, 1.807) is 23.0 Å². The number of aryl methyl sites for hydroxylation is 1. The standard InChI is InChI=1S/C29H27FN4O2/c1-17-4-3-5-20(14-17)27-26(32-28(35)19-6-7-19)18(2)29(36)33(27)24-12-13-25-21(15-24)16-31-34(25)23-10-8-22(30)9-11-23/h3-5,8-16,18-19,26-27H,6-7H2,1-2H3,(H,32,35)/t18-,26-,27?/m0/s1. The lowest BCUT2D eigenvalue weighted by Gasteiger charge is -2.30. The van der Waals surface area contributed by atoms with Crippen LogP contribution in [-0.4, -0.2) is 27.6 Å². The van der Waals surface area contributed by atoms with Crippen molar-refractivity contribution in [2.75, 3.05) is 4.90 Å². The van der Waals surface area contributed by atoms with Crippen LogP contribution < -0.4 is 10.2 Å². The zero-order valence-corrected chi connectivity index (χ0v) is 20.2. The molecule has 2 amide bonds. The Morgan fingerprint density at radius 3 is 2.50 bits per heavy atom. The Bertz CT molecular complexity index is 1470. The van der Waals surface area contributed by atoms with E-state index < -0.39 is 0 Å². The summed E-state index contributed by atoms with van der Waals surface area (Å²) in [4.78, 5) is 28.2. The van der Waals surface area contributed by atoms with Crippen molar-refractivity contribution < 1.29 is 14.0 Å². The van der Waals surface area contributed by atoms with Gasteiger partial charge >= 0.3 is 0 Å². The van der Waals surface area contributed by atoms with Crippen LogP contribution in [0.5, 0.6) is 0 Å². The monoisotopic (exact) mass is 482 g/mol. The molecule has 1 saturated carbocycles. The number of aromatic nitrogens is 2. The number of benzene rings is 3. The molecule has 6 nitrogen and oxygen atoms in total. The topological polar surface area (TPSA) is 67.2 Å². The number of carbonyl (C=O) groups excluding carboxylic acids is 2. The van der Waals surface area contributed by atoms with Gasteiger partial charge in [-0.05, 0) is 67.8 Å². The lowest BCUT2D eigenvalue weighted by atomic mass is 9.93. The number of amides is 2. The van der Waals surface area contributed by atoms with Crippen molar-refractivity contribution in [3.05, 3.63) is 89.9 Å². The Balaban J connectivity index is 1.41. The number of carbonyl (C=O) groups is 2. The lowest BCUT2D eigenvalue weighted by molar-refractivity contribution is -0.123. The molecule has 6 rings (SSSR count). The van der Waals surface area contributed by atoms with E-state index in [9.17, 15) is 14.0 Å². The molecular weight excluding hydrogens is 455 g/mol. The second-order valence-electron chi connectivity index (χ2n) is 9.94. The molecule has 36 heavy (non-hydrogen) atoms. The summed E-state index contributed by atoms with van der Waals surface area (Å²) in [5.41, 5.74) is 4.47. The molecule has 7 heteroatoms. The summed E-state index contributed by atoms with van der Waals surface area (Å²) in [7, 11) is 0. The highest BCUT2D eigenvalue weighted by molar-refractivity contribution is 6.01. The quantitative estimate of drug-likeness (QED) is 0.431. The predicted octanol–water partition coefficient (Wildman–Crippen LogP) is 5.09. The van der Waals surface area contributed by atoms with E-state index >= 15 is 0 Å². The Morgan fingerprint density at radius 2 is 1.78 bits per heavy atom. The first-order valence-electron chi connectivity index (χ1n) is 12.3. The third kappa shape index (κ3) is 3.85. The van der Waals surface area contributed by atoms with Gasteiger partial charge in [-0.3, -0.25) is 9.59 Å². The number of hydrogen-bond donors (Lipinski definition) is 1. The van der Waals surface area contributed by atoms with Crippen molar-refractivity contribution in [2.24, 2.45) is 11.8 Å². The van der Waals surface area contributed by atoms with Crippen molar-refractivity contribution in [3.63, 3.8) is 0 Å². The first-order valence-corrected chi connectivity index (χ1v) is 12.3. The Kier molecular flexibility index (Phi) is 5.36. The Labute approximate surface area is 208 Å². The second-order valence-corrected chi connectivity index (χ2v) is 9.94. The fourth-order valence-electron chi connectivity index (χ4n) is 5.23. The van der Waals surface area contributed by atoms with Gasteiger partial charge in [-0.1, -0.05) is 36.8 Å². The molecule has 1 aliphatic heterocycles. The van der Waals surface area contributed by atoms with Crippen molar-refractivity contribution in [1.29, 1.82) is 0 Å². The summed E-state index contributed by atoms with van der Waals surface area (Å²) in [6, 6.07) is 19.5. The van der Waals surface area contributed by atoms with Crippen LogP contribution in [0.3, 0.4) is 0 Å². The molecular formula is C29H27FN4O2. The molecule has 4 aromatic rings. The Morgan fingerprint density at radius 1 is 1.03 bits per heavy atom. The van der Waals surface area contributed by atoms with Gasteiger partial charge in [0.15, 0.2) is 0 Å². The highest BCUT2D eigenvalue weighted by Gasteiger charge is 2.48. The van der Waals surface area contributed by atoms with Gasteiger partial charge in [-0.15, -0.1) is 0 Å². The lowest BCUT2D eigenvalue weighted by Crippen LogP contribution is -2.42. The van der Waals surface area contributed by atoms with Gasteiger partial charge in [0.1, 0.15) is 5.82 Å². The smallest absolute Gasteiger partial charge is 0.232 e. The average molecular weight is 483 g/mol. The van der Waals surface area contributed by atoms with E-state index in [1.165, 1.54) is 12.1 Å². The summed E-state index contributed by atoms with van der Waals surface area (Å²) in [6.45, 7) is 3.93. The van der Waals surface area contributed by atoms with E-state index in [4.69, 9.17) is 0 Å². The SMILES string of the molecule is Cc1cccc(C2[C@@H](NC(=O)C3CC3)[C@H](C)C(=O)N2c2ccc3c(cnn3-c3ccc(F)cc3)c2)c1. The number of rotatable bonds is 5. The largest absolute Gasteiger partial charge is 0.350 e. The number of nitrogens with one attached hydrogen (secondary N) is 1. The van der Waals surface area contributed by atoms with Gasteiger partial charge in [-0.25, -0.2) is 9.07 Å². The van der Waals surface area contributed by atoms with Gasteiger partial charge < -0.3 is 10.2 Å². The second kappa shape index (κ2) is 8.59. The van der Waals surface area contributed by atoms with Crippen LogP contribution in [0.25, 0.3) is 16.6 Å². The molecule has 2 aliphatic rings. The van der Waals surface area contributed by atoms with Gasteiger partial charge in [0, 0.05) is 17.0 Å². The molecule has 1 aromatic heterocycles. The highest BCUT2D eigenvalue weighted by Crippen LogP contribution is 2.42. The summed E-state index contributed by atoms with van der Waals surface area (Å²) in [5, 5.41) is 8.57. The molecule has 1 unspecified atom stereocenters. The van der Waals surface area contributed by atoms with E-state index in [1.807, 2.05) is 55.1 Å². The molecule has 2 fully saturated rings. The predicted molar refractivity (Wildman–Crippen MR) is 136 cm³/mol. The number of halogens is 1. The fraction of sp³-hybridized carbons (Fsp3) is 0.276. The minimum Gasteiger partial charge on any atom is -0.350 e. The third-order valence-electron chi connectivity index (χ3n) is 7.33. The number of anilines is 1. The van der Waals surface area contributed by atoms with Crippen LogP contribution in [0.4, 0.5) is 10.1 Å². The molecule has 0 radical (unpaired) electrons. The van der Waals surface area contributed by atoms with Crippen molar-refractivity contribution in [2.45, 2.75) is 38.8 Å². The van der Waals surface area contributed by atoms with Crippen LogP contribution in [0.15, 0.2) is 72.9 Å². The summed E-state index contributed by atoms with van der Waals surface area (Å²) in [5.74, 6) is -0.586. The van der Waals surface area contributed by atoms with Crippen LogP contribution in [0.2, 0.25) is 0 Å². The molecule has 1 aliphatic carbocycles. The van der Waals surface area contributed by atoms with E-state index in [2.05, 4.69) is 16.5 Å². The van der Waals surface area contributed by atoms with Crippen LogP contribution in [-0.2, 0) is 9.59 Å². The third-order valence-corrected chi connectivity index (χ3v) is 7.33. The van der Waals surface area contributed by atoms with Crippen molar-refractivity contribution in [3.8, 4) is 5.69 Å². The van der Waals surface area contributed by atoms with Crippen molar-refractivity contribution in [1.82, 2.24) is 15.1 Å². The molecule has 0 bridgehead atoms. The van der Waals surface area contributed by atoms with Gasteiger partial charge in [-0.2, -0.15) is 5.10 Å². The molecule has 1 saturated heterocycles. The van der Waals surface area contributed by atoms with E-state index in [-0.39, 0.29) is 41.6 Å². The number of nitrogens with zero attached hydrogens (tertiary/aromatic N) is 3. The summed E-state index contributed by atoms with van der Waals surface area (Å²) in [6.07, 6.45) is 3.57. The summed E-state index contributed by atoms with van der Waals surface area (Å²) >= 11 is 0. The minimum absolute atomic E-state index is 0.0205. The Hall–Kier alpha value is -4.00. The molecule has 1 N–H and O–H groups in total. The summed E-state index contributed by atoms with van der Waals surface area (Å²) < 4.78 is 15.2. The van der Waals surface area contributed by atoms with Crippen LogP contribution in [0, 0.1) is 24.6 Å². The highest BCUT2D eigenvalue weighted by atomic mass is 19.1. The van der Waals surface area contributed by atoms with Gasteiger partial charge in [0.05, 0.1) is 35.4 Å². The van der Waals surface area contributed by atoms with Crippen LogP contribution in [0.1, 0.15) is 36.9 Å².